The minimum atomic E-state index is 0.579. The first-order valence-electron chi connectivity index (χ1n) is 6.49. The van der Waals surface area contributed by atoms with Gasteiger partial charge in [-0.25, -0.2) is 0 Å². The second kappa shape index (κ2) is 6.12. The van der Waals surface area contributed by atoms with Crippen molar-refractivity contribution in [1.29, 1.82) is 0 Å². The SMILES string of the molecule is NNC(C1CCCCCC1)C1CCCS1. The Balaban J connectivity index is 1.91. The summed E-state index contributed by atoms with van der Waals surface area (Å²) in [6, 6.07) is 0.579. The monoisotopic (exact) mass is 228 g/mol. The van der Waals surface area contributed by atoms with Crippen LogP contribution in [0.25, 0.3) is 0 Å². The van der Waals surface area contributed by atoms with Crippen LogP contribution in [-0.4, -0.2) is 17.0 Å². The van der Waals surface area contributed by atoms with E-state index < -0.39 is 0 Å². The van der Waals surface area contributed by atoms with Gasteiger partial charge < -0.3 is 0 Å². The third kappa shape index (κ3) is 3.11. The largest absolute Gasteiger partial charge is 0.271 e. The van der Waals surface area contributed by atoms with Gasteiger partial charge in [-0.1, -0.05) is 25.7 Å². The molecule has 0 radical (unpaired) electrons. The first-order valence-corrected chi connectivity index (χ1v) is 7.54. The van der Waals surface area contributed by atoms with E-state index in [1.165, 1.54) is 57.1 Å². The molecule has 3 heteroatoms. The van der Waals surface area contributed by atoms with Gasteiger partial charge >= 0.3 is 0 Å². The van der Waals surface area contributed by atoms with Crippen molar-refractivity contribution in [3.05, 3.63) is 0 Å². The molecule has 2 fully saturated rings. The van der Waals surface area contributed by atoms with E-state index in [4.69, 9.17) is 5.84 Å². The zero-order valence-electron chi connectivity index (χ0n) is 9.58. The molecule has 0 aromatic rings. The first-order chi connectivity index (χ1) is 7.42. The molecule has 3 N–H and O–H groups in total. The smallest absolute Gasteiger partial charge is 0.0357 e. The van der Waals surface area contributed by atoms with Crippen molar-refractivity contribution in [2.45, 2.75) is 62.7 Å². The number of hydrogen-bond donors (Lipinski definition) is 2. The van der Waals surface area contributed by atoms with Crippen molar-refractivity contribution in [3.63, 3.8) is 0 Å². The standard InChI is InChI=1S/C12H24N2S/c13-14-12(11-8-5-9-15-11)10-6-3-1-2-4-7-10/h10-12,14H,1-9,13H2. The molecule has 15 heavy (non-hydrogen) atoms. The van der Waals surface area contributed by atoms with Gasteiger partial charge in [-0.05, 0) is 37.4 Å². The number of nitrogens with one attached hydrogen (secondary N) is 1. The van der Waals surface area contributed by atoms with Crippen LogP contribution in [-0.2, 0) is 0 Å². The fourth-order valence-electron chi connectivity index (χ4n) is 3.10. The van der Waals surface area contributed by atoms with Crippen LogP contribution in [0.2, 0.25) is 0 Å². The molecule has 0 spiro atoms. The maximum Gasteiger partial charge on any atom is 0.0357 e. The highest BCUT2D eigenvalue weighted by atomic mass is 32.2. The molecule has 2 aliphatic rings. The molecule has 0 bridgehead atoms. The van der Waals surface area contributed by atoms with E-state index in [1.807, 2.05) is 0 Å². The van der Waals surface area contributed by atoms with Gasteiger partial charge in [0.15, 0.2) is 0 Å². The maximum absolute atomic E-state index is 5.77. The van der Waals surface area contributed by atoms with Gasteiger partial charge in [-0.15, -0.1) is 0 Å². The van der Waals surface area contributed by atoms with Crippen LogP contribution in [0.3, 0.4) is 0 Å². The van der Waals surface area contributed by atoms with Gasteiger partial charge in [0.1, 0.15) is 0 Å². The van der Waals surface area contributed by atoms with Crippen LogP contribution in [0.4, 0.5) is 0 Å². The molecule has 1 saturated carbocycles. The van der Waals surface area contributed by atoms with Gasteiger partial charge in [0.2, 0.25) is 0 Å². The van der Waals surface area contributed by atoms with E-state index in [1.54, 1.807) is 0 Å². The molecule has 0 amide bonds. The number of hydrazine groups is 1. The normalized spacial score (nSPS) is 31.4. The van der Waals surface area contributed by atoms with Crippen LogP contribution < -0.4 is 11.3 Å². The predicted octanol–water partition coefficient (Wildman–Crippen LogP) is 2.68. The van der Waals surface area contributed by atoms with Gasteiger partial charge in [0.05, 0.1) is 0 Å². The van der Waals surface area contributed by atoms with Crippen molar-refractivity contribution in [1.82, 2.24) is 5.43 Å². The highest BCUT2D eigenvalue weighted by Gasteiger charge is 2.31. The van der Waals surface area contributed by atoms with Crippen LogP contribution in [0.5, 0.6) is 0 Å². The summed E-state index contributed by atoms with van der Waals surface area (Å²) in [5.74, 6) is 7.95. The summed E-state index contributed by atoms with van der Waals surface area (Å²) in [7, 11) is 0. The van der Waals surface area contributed by atoms with Crippen LogP contribution in [0.1, 0.15) is 51.4 Å². The first kappa shape index (κ1) is 11.7. The summed E-state index contributed by atoms with van der Waals surface area (Å²) in [4.78, 5) is 0. The van der Waals surface area contributed by atoms with Crippen molar-refractivity contribution in [3.8, 4) is 0 Å². The van der Waals surface area contributed by atoms with E-state index in [0.717, 1.165) is 11.2 Å². The summed E-state index contributed by atoms with van der Waals surface area (Å²) in [5, 5.41) is 0.790. The zero-order valence-corrected chi connectivity index (χ0v) is 10.4. The molecule has 2 rings (SSSR count). The highest BCUT2D eigenvalue weighted by molar-refractivity contribution is 8.00. The van der Waals surface area contributed by atoms with E-state index in [-0.39, 0.29) is 0 Å². The molecule has 2 unspecified atom stereocenters. The van der Waals surface area contributed by atoms with Crippen molar-refractivity contribution in [2.75, 3.05) is 5.75 Å². The average Bonchev–Trinajstić information content (AvgIpc) is 2.63. The Kier molecular flexibility index (Phi) is 4.79. The number of rotatable bonds is 3. The maximum atomic E-state index is 5.77. The lowest BCUT2D eigenvalue weighted by Gasteiger charge is -2.30. The number of thioether (sulfide) groups is 1. The second-order valence-corrected chi connectivity index (χ2v) is 6.34. The average molecular weight is 228 g/mol. The fraction of sp³-hybridized carbons (Fsp3) is 1.00. The molecule has 0 aromatic heterocycles. The fourth-order valence-corrected chi connectivity index (χ4v) is 4.58. The van der Waals surface area contributed by atoms with Crippen LogP contribution >= 0.6 is 11.8 Å². The van der Waals surface area contributed by atoms with Crippen LogP contribution in [0.15, 0.2) is 0 Å². The quantitative estimate of drug-likeness (QED) is 0.443. The van der Waals surface area contributed by atoms with Crippen molar-refractivity contribution < 1.29 is 0 Å². The summed E-state index contributed by atoms with van der Waals surface area (Å²) in [6.07, 6.45) is 11.3. The minimum absolute atomic E-state index is 0.579. The van der Waals surface area contributed by atoms with E-state index in [2.05, 4.69) is 17.2 Å². The molecule has 2 nitrogen and oxygen atoms in total. The summed E-state index contributed by atoms with van der Waals surface area (Å²) in [6.45, 7) is 0. The lowest BCUT2D eigenvalue weighted by molar-refractivity contribution is 0.312. The number of nitrogens with two attached hydrogens (primary N) is 1. The summed E-state index contributed by atoms with van der Waals surface area (Å²) < 4.78 is 0. The number of hydrogen-bond acceptors (Lipinski definition) is 3. The molecule has 88 valence electrons. The Morgan fingerprint density at radius 2 is 1.73 bits per heavy atom. The molecule has 0 aromatic carbocycles. The Morgan fingerprint density at radius 3 is 2.27 bits per heavy atom. The van der Waals surface area contributed by atoms with Gasteiger partial charge in [-0.3, -0.25) is 11.3 Å². The highest BCUT2D eigenvalue weighted by Crippen LogP contribution is 2.35. The Bertz CT molecular complexity index is 172. The molecule has 1 heterocycles. The van der Waals surface area contributed by atoms with Crippen molar-refractivity contribution >= 4 is 11.8 Å². The second-order valence-electron chi connectivity index (χ2n) is 5.00. The van der Waals surface area contributed by atoms with Gasteiger partial charge in [0, 0.05) is 11.3 Å². The minimum Gasteiger partial charge on any atom is -0.271 e. The topological polar surface area (TPSA) is 38.0 Å². The lowest BCUT2D eigenvalue weighted by Crippen LogP contribution is -2.47. The molecular weight excluding hydrogens is 204 g/mol. The lowest BCUT2D eigenvalue weighted by atomic mass is 9.89. The third-order valence-corrected chi connectivity index (χ3v) is 5.45. The Hall–Kier alpha value is 0.270. The third-order valence-electron chi connectivity index (χ3n) is 3.97. The zero-order chi connectivity index (χ0) is 10.5. The van der Waals surface area contributed by atoms with Crippen LogP contribution in [0, 0.1) is 5.92 Å². The molecule has 2 atom stereocenters. The summed E-state index contributed by atoms with van der Waals surface area (Å²) in [5.41, 5.74) is 3.12. The molecule has 1 aliphatic heterocycles. The molecular formula is C12H24N2S. The van der Waals surface area contributed by atoms with Crippen molar-refractivity contribution in [2.24, 2.45) is 11.8 Å². The Labute approximate surface area is 97.7 Å². The van der Waals surface area contributed by atoms with E-state index >= 15 is 0 Å². The van der Waals surface area contributed by atoms with E-state index in [9.17, 15) is 0 Å². The van der Waals surface area contributed by atoms with Gasteiger partial charge in [-0.2, -0.15) is 11.8 Å². The Morgan fingerprint density at radius 1 is 1.00 bits per heavy atom. The predicted molar refractivity (Wildman–Crippen MR) is 67.8 cm³/mol. The summed E-state index contributed by atoms with van der Waals surface area (Å²) >= 11 is 2.13. The molecule has 1 aliphatic carbocycles. The van der Waals surface area contributed by atoms with Gasteiger partial charge in [0.25, 0.3) is 0 Å². The molecule has 1 saturated heterocycles. The van der Waals surface area contributed by atoms with E-state index in [0.29, 0.717) is 6.04 Å².